The number of benzene rings is 2. The molecule has 0 aliphatic heterocycles. The molecule has 0 radical (unpaired) electrons. The summed E-state index contributed by atoms with van der Waals surface area (Å²) in [7, 11) is 0. The third kappa shape index (κ3) is 6.87. The van der Waals surface area contributed by atoms with E-state index >= 15 is 0 Å². The van der Waals surface area contributed by atoms with Gasteiger partial charge in [-0.2, -0.15) is 5.26 Å². The van der Waals surface area contributed by atoms with E-state index in [1.807, 2.05) is 58.2 Å². The number of aromatic hydroxyl groups is 1. The number of halogens is 3. The van der Waals surface area contributed by atoms with Crippen molar-refractivity contribution in [2.75, 3.05) is 0 Å². The third-order valence-corrected chi connectivity index (χ3v) is 4.81. The van der Waals surface area contributed by atoms with Crippen molar-refractivity contribution < 1.29 is 19.7 Å². The van der Waals surface area contributed by atoms with Gasteiger partial charge in [0.2, 0.25) is 0 Å². The Morgan fingerprint density at radius 3 is 2.28 bits per heavy atom. The highest BCUT2D eigenvalue weighted by Gasteiger charge is 2.13. The zero-order chi connectivity index (χ0) is 19.1. The Bertz CT molecular complexity index is 798. The Balaban J connectivity index is 0.000000257. The summed E-state index contributed by atoms with van der Waals surface area (Å²) in [5, 5.41) is 27.1. The fourth-order valence-corrected chi connectivity index (χ4v) is 3.61. The van der Waals surface area contributed by atoms with E-state index in [2.05, 4.69) is 0 Å². The van der Waals surface area contributed by atoms with Crippen LogP contribution in [0.1, 0.15) is 18.1 Å². The Morgan fingerprint density at radius 2 is 1.84 bits per heavy atom. The van der Waals surface area contributed by atoms with Crippen molar-refractivity contribution in [2.24, 2.45) is 0 Å². The molecule has 0 saturated heterocycles. The molecule has 8 heteroatoms. The lowest BCUT2D eigenvalue weighted by Gasteiger charge is -2.12. The number of nitrogens with zero attached hydrogens (tertiary/aromatic N) is 1. The molecular weight excluding hydrogens is 571 g/mol. The molecule has 2 rings (SSSR count). The van der Waals surface area contributed by atoms with Crippen molar-refractivity contribution in [3.8, 4) is 17.6 Å². The van der Waals surface area contributed by atoms with E-state index < -0.39 is 12.1 Å². The van der Waals surface area contributed by atoms with E-state index in [4.69, 9.17) is 26.7 Å². The molecule has 0 fully saturated rings. The van der Waals surface area contributed by atoms with Gasteiger partial charge in [-0.1, -0.05) is 11.6 Å². The first-order valence-electron chi connectivity index (χ1n) is 6.89. The summed E-state index contributed by atoms with van der Waals surface area (Å²) in [6, 6.07) is 10.4. The first kappa shape index (κ1) is 21.8. The SMILES string of the molecule is Cc1cc(Cl)ccc1OC(C)C(=O)O.N#Cc1cc(I)c(O)c(I)c1. The highest BCUT2D eigenvalue weighted by atomic mass is 127. The highest BCUT2D eigenvalue weighted by Crippen LogP contribution is 2.26. The van der Waals surface area contributed by atoms with E-state index in [9.17, 15) is 9.90 Å². The molecule has 0 heterocycles. The average Bonchev–Trinajstić information content (AvgIpc) is 2.55. The van der Waals surface area contributed by atoms with Crippen LogP contribution in [-0.4, -0.2) is 22.3 Å². The van der Waals surface area contributed by atoms with Crippen LogP contribution in [0.3, 0.4) is 0 Å². The van der Waals surface area contributed by atoms with Crippen molar-refractivity contribution in [3.05, 3.63) is 53.6 Å². The number of phenolic OH excluding ortho intramolecular Hbond substituents is 1. The third-order valence-electron chi connectivity index (χ3n) is 2.93. The summed E-state index contributed by atoms with van der Waals surface area (Å²) in [5.74, 6) is -0.186. The maximum Gasteiger partial charge on any atom is 0.344 e. The second kappa shape index (κ2) is 10.0. The van der Waals surface area contributed by atoms with Crippen molar-refractivity contribution in [1.82, 2.24) is 0 Å². The van der Waals surface area contributed by atoms with E-state index in [-0.39, 0.29) is 5.75 Å². The van der Waals surface area contributed by atoms with Gasteiger partial charge in [0, 0.05) is 5.02 Å². The van der Waals surface area contributed by atoms with Crippen LogP contribution in [0.4, 0.5) is 0 Å². The van der Waals surface area contributed by atoms with Gasteiger partial charge in [0.05, 0.1) is 18.8 Å². The Labute approximate surface area is 177 Å². The number of hydrogen-bond donors (Lipinski definition) is 2. The van der Waals surface area contributed by atoms with Gasteiger partial charge in [0.1, 0.15) is 11.5 Å². The number of rotatable bonds is 3. The summed E-state index contributed by atoms with van der Waals surface area (Å²) in [4.78, 5) is 10.5. The number of carboxylic acid groups (broad SMARTS) is 1. The molecule has 0 aliphatic rings. The lowest BCUT2D eigenvalue weighted by molar-refractivity contribution is -0.144. The largest absolute Gasteiger partial charge is 0.506 e. The number of aryl methyl sites for hydroxylation is 1. The van der Waals surface area contributed by atoms with E-state index in [0.29, 0.717) is 23.5 Å². The molecule has 1 unspecified atom stereocenters. The van der Waals surface area contributed by atoms with Gasteiger partial charge < -0.3 is 14.9 Å². The Morgan fingerprint density at radius 1 is 1.28 bits per heavy atom. The second-order valence-corrected chi connectivity index (χ2v) is 7.67. The Hall–Kier alpha value is -1.25. The minimum atomic E-state index is -0.987. The number of hydrogen-bond acceptors (Lipinski definition) is 4. The van der Waals surface area contributed by atoms with Crippen LogP contribution in [0.15, 0.2) is 30.3 Å². The molecule has 0 amide bonds. The molecule has 0 aromatic heterocycles. The molecule has 0 spiro atoms. The summed E-state index contributed by atoms with van der Waals surface area (Å²) >= 11 is 9.73. The maximum absolute atomic E-state index is 10.5. The molecule has 25 heavy (non-hydrogen) atoms. The molecular formula is C17H14ClI2NO4. The molecule has 132 valence electrons. The van der Waals surface area contributed by atoms with Gasteiger partial charge in [0.15, 0.2) is 6.10 Å². The highest BCUT2D eigenvalue weighted by molar-refractivity contribution is 14.1. The number of aliphatic carboxylic acids is 1. The molecule has 5 nitrogen and oxygen atoms in total. The molecule has 2 N–H and O–H groups in total. The predicted molar refractivity (Wildman–Crippen MR) is 112 cm³/mol. The zero-order valence-electron chi connectivity index (χ0n) is 13.3. The van der Waals surface area contributed by atoms with Gasteiger partial charge in [-0.3, -0.25) is 0 Å². The normalized spacial score (nSPS) is 10.9. The second-order valence-electron chi connectivity index (χ2n) is 4.91. The van der Waals surface area contributed by atoms with E-state index in [0.717, 1.165) is 5.56 Å². The van der Waals surface area contributed by atoms with Crippen LogP contribution in [-0.2, 0) is 4.79 Å². The van der Waals surface area contributed by atoms with Crippen LogP contribution in [0.5, 0.6) is 11.5 Å². The summed E-state index contributed by atoms with van der Waals surface area (Å²) in [5.41, 5.74) is 1.40. The number of nitriles is 1. The van der Waals surface area contributed by atoms with Crippen molar-refractivity contribution in [1.29, 1.82) is 5.26 Å². The standard InChI is InChI=1S/C10H11ClO3.C7H3I2NO/c1-6-5-8(11)3-4-9(6)14-7(2)10(12)13;8-5-1-4(3-10)2-6(9)7(5)11/h3-5,7H,1-2H3,(H,12,13);1-2,11H. The fourth-order valence-electron chi connectivity index (χ4n) is 1.62. The van der Waals surface area contributed by atoms with E-state index in [1.165, 1.54) is 6.92 Å². The number of carbonyl (C=O) groups is 1. The summed E-state index contributed by atoms with van der Waals surface area (Å²) in [6.07, 6.45) is -0.852. The lowest BCUT2D eigenvalue weighted by atomic mass is 10.2. The van der Waals surface area contributed by atoms with Gasteiger partial charge in [0.25, 0.3) is 0 Å². The zero-order valence-corrected chi connectivity index (χ0v) is 18.3. The van der Waals surface area contributed by atoms with Crippen LogP contribution in [0.2, 0.25) is 5.02 Å². The molecule has 2 aromatic rings. The summed E-state index contributed by atoms with van der Waals surface area (Å²) in [6.45, 7) is 3.30. The minimum absolute atomic E-state index is 0.255. The molecule has 0 bridgehead atoms. The van der Waals surface area contributed by atoms with Gasteiger partial charge in [-0.25, -0.2) is 4.79 Å². The molecule has 0 aliphatic carbocycles. The van der Waals surface area contributed by atoms with Crippen LogP contribution >= 0.6 is 56.8 Å². The lowest BCUT2D eigenvalue weighted by Crippen LogP contribution is -2.23. The average molecular weight is 586 g/mol. The fraction of sp³-hybridized carbons (Fsp3) is 0.176. The van der Waals surface area contributed by atoms with Gasteiger partial charge in [-0.15, -0.1) is 0 Å². The first-order chi connectivity index (χ1) is 11.6. The van der Waals surface area contributed by atoms with Crippen molar-refractivity contribution in [2.45, 2.75) is 20.0 Å². The topological polar surface area (TPSA) is 90.5 Å². The number of carboxylic acids is 1. The van der Waals surface area contributed by atoms with Crippen LogP contribution in [0, 0.1) is 25.4 Å². The van der Waals surface area contributed by atoms with E-state index in [1.54, 1.807) is 30.3 Å². The smallest absolute Gasteiger partial charge is 0.344 e. The molecule has 1 atom stereocenters. The summed E-state index contributed by atoms with van der Waals surface area (Å²) < 4.78 is 6.63. The minimum Gasteiger partial charge on any atom is -0.506 e. The van der Waals surface area contributed by atoms with Crippen molar-refractivity contribution in [3.63, 3.8) is 0 Å². The predicted octanol–water partition coefficient (Wildman–Crippen LogP) is 4.97. The number of phenols is 1. The molecule has 0 saturated carbocycles. The van der Waals surface area contributed by atoms with Gasteiger partial charge >= 0.3 is 5.97 Å². The molecule has 2 aromatic carbocycles. The van der Waals surface area contributed by atoms with Crippen LogP contribution in [0.25, 0.3) is 0 Å². The quantitative estimate of drug-likeness (QED) is 0.497. The van der Waals surface area contributed by atoms with Crippen LogP contribution < -0.4 is 4.74 Å². The first-order valence-corrected chi connectivity index (χ1v) is 9.43. The van der Waals surface area contributed by atoms with Crippen molar-refractivity contribution >= 4 is 62.8 Å². The number of ether oxygens (including phenoxy) is 1. The monoisotopic (exact) mass is 585 g/mol. The maximum atomic E-state index is 10.5. The van der Waals surface area contributed by atoms with Gasteiger partial charge in [-0.05, 0) is 94.9 Å². The Kier molecular flexibility index (Phi) is 8.75.